The first-order valence-corrected chi connectivity index (χ1v) is 4.93. The minimum Gasteiger partial charge on any atom is -0.465 e. The topological polar surface area (TPSA) is 72.7 Å². The summed E-state index contributed by atoms with van der Waals surface area (Å²) < 4.78 is 4.55. The van der Waals surface area contributed by atoms with Crippen LogP contribution in [0.1, 0.15) is 15.9 Å². The first-order valence-electron chi connectivity index (χ1n) is 4.93. The van der Waals surface area contributed by atoms with Crippen LogP contribution in [0.5, 0.6) is 0 Å². The summed E-state index contributed by atoms with van der Waals surface area (Å²) in [6.07, 6.45) is 0. The molecular formula is C11H14N2O4. The number of nitrogens with zero attached hydrogens (tertiary/aromatic N) is 2. The van der Waals surface area contributed by atoms with Crippen LogP contribution < -0.4 is 4.90 Å². The van der Waals surface area contributed by atoms with Gasteiger partial charge in [0.15, 0.2) is 0 Å². The van der Waals surface area contributed by atoms with Gasteiger partial charge >= 0.3 is 5.97 Å². The third-order valence-corrected chi connectivity index (χ3v) is 2.39. The number of benzene rings is 1. The highest BCUT2D eigenvalue weighted by atomic mass is 16.6. The Labute approximate surface area is 98.9 Å². The van der Waals surface area contributed by atoms with Crippen molar-refractivity contribution in [1.29, 1.82) is 0 Å². The molecule has 92 valence electrons. The summed E-state index contributed by atoms with van der Waals surface area (Å²) in [7, 11) is 4.78. The standard InChI is InChI=1S/C11H14N2O4/c1-7-5-8(12(2)3)6-9(11(14)17-4)10(7)13(15)16/h5-6H,1-4H3. The molecule has 0 atom stereocenters. The lowest BCUT2D eigenvalue weighted by Gasteiger charge is -2.14. The summed E-state index contributed by atoms with van der Waals surface area (Å²) in [5, 5.41) is 10.9. The molecule has 1 aromatic rings. The Morgan fingerprint density at radius 2 is 2.00 bits per heavy atom. The lowest BCUT2D eigenvalue weighted by atomic mass is 10.1. The average molecular weight is 238 g/mol. The van der Waals surface area contributed by atoms with Gasteiger partial charge in [-0.05, 0) is 19.1 Å². The second kappa shape index (κ2) is 4.82. The maximum absolute atomic E-state index is 11.5. The van der Waals surface area contributed by atoms with Gasteiger partial charge in [-0.25, -0.2) is 4.79 Å². The zero-order chi connectivity index (χ0) is 13.2. The second-order valence-electron chi connectivity index (χ2n) is 3.80. The normalized spacial score (nSPS) is 9.88. The van der Waals surface area contributed by atoms with Crippen LogP contribution in [-0.4, -0.2) is 32.1 Å². The molecule has 0 unspecified atom stereocenters. The number of nitro groups is 1. The van der Waals surface area contributed by atoms with Crippen molar-refractivity contribution in [3.05, 3.63) is 33.4 Å². The molecular weight excluding hydrogens is 224 g/mol. The van der Waals surface area contributed by atoms with Gasteiger partial charge in [0.2, 0.25) is 0 Å². The van der Waals surface area contributed by atoms with Gasteiger partial charge in [0.05, 0.1) is 12.0 Å². The maximum Gasteiger partial charge on any atom is 0.344 e. The van der Waals surface area contributed by atoms with Gasteiger partial charge in [-0.3, -0.25) is 10.1 Å². The van der Waals surface area contributed by atoms with E-state index < -0.39 is 10.9 Å². The summed E-state index contributed by atoms with van der Waals surface area (Å²) in [5.41, 5.74) is 0.916. The van der Waals surface area contributed by atoms with E-state index in [1.165, 1.54) is 13.2 Å². The van der Waals surface area contributed by atoms with Crippen LogP contribution in [0.2, 0.25) is 0 Å². The molecule has 6 heteroatoms. The van der Waals surface area contributed by atoms with Crippen LogP contribution in [-0.2, 0) is 4.74 Å². The van der Waals surface area contributed by atoms with E-state index in [2.05, 4.69) is 4.74 Å². The van der Waals surface area contributed by atoms with E-state index in [1.54, 1.807) is 32.0 Å². The molecule has 1 aromatic carbocycles. The van der Waals surface area contributed by atoms with Gasteiger partial charge in [-0.15, -0.1) is 0 Å². The fourth-order valence-electron chi connectivity index (χ4n) is 1.53. The highest BCUT2D eigenvalue weighted by molar-refractivity contribution is 5.95. The van der Waals surface area contributed by atoms with Crippen molar-refractivity contribution in [2.24, 2.45) is 0 Å². The van der Waals surface area contributed by atoms with E-state index in [9.17, 15) is 14.9 Å². The highest BCUT2D eigenvalue weighted by Gasteiger charge is 2.24. The van der Waals surface area contributed by atoms with Gasteiger partial charge < -0.3 is 9.64 Å². The Balaban J connectivity index is 3.50. The quantitative estimate of drug-likeness (QED) is 0.455. The number of esters is 1. The van der Waals surface area contributed by atoms with E-state index in [0.717, 1.165) is 0 Å². The number of hydrogen-bond acceptors (Lipinski definition) is 5. The van der Waals surface area contributed by atoms with Crippen LogP contribution in [0, 0.1) is 17.0 Å². The van der Waals surface area contributed by atoms with Crippen molar-refractivity contribution in [2.45, 2.75) is 6.92 Å². The number of hydrogen-bond donors (Lipinski definition) is 0. The predicted octanol–water partition coefficient (Wildman–Crippen LogP) is 1.76. The smallest absolute Gasteiger partial charge is 0.344 e. The molecule has 0 aliphatic heterocycles. The summed E-state index contributed by atoms with van der Waals surface area (Å²) >= 11 is 0. The van der Waals surface area contributed by atoms with Crippen LogP contribution in [0.15, 0.2) is 12.1 Å². The number of ether oxygens (including phenoxy) is 1. The third-order valence-electron chi connectivity index (χ3n) is 2.39. The lowest BCUT2D eigenvalue weighted by Crippen LogP contribution is -2.13. The molecule has 0 aliphatic rings. The molecule has 0 fully saturated rings. The zero-order valence-electron chi connectivity index (χ0n) is 10.2. The van der Waals surface area contributed by atoms with Crippen molar-refractivity contribution in [2.75, 3.05) is 26.1 Å². The van der Waals surface area contributed by atoms with E-state index >= 15 is 0 Å². The highest BCUT2D eigenvalue weighted by Crippen LogP contribution is 2.29. The number of anilines is 1. The van der Waals surface area contributed by atoms with E-state index in [4.69, 9.17) is 0 Å². The van der Waals surface area contributed by atoms with Gasteiger partial charge in [0.1, 0.15) is 5.56 Å². The van der Waals surface area contributed by atoms with Crippen LogP contribution in [0.3, 0.4) is 0 Å². The molecule has 0 radical (unpaired) electrons. The van der Waals surface area contributed by atoms with Crippen LogP contribution in [0.25, 0.3) is 0 Å². The Hall–Kier alpha value is -2.11. The molecule has 17 heavy (non-hydrogen) atoms. The largest absolute Gasteiger partial charge is 0.465 e. The molecule has 0 bridgehead atoms. The molecule has 0 spiro atoms. The van der Waals surface area contributed by atoms with Gasteiger partial charge in [0, 0.05) is 25.3 Å². The average Bonchev–Trinajstić information content (AvgIpc) is 2.26. The van der Waals surface area contributed by atoms with Crippen molar-refractivity contribution < 1.29 is 14.5 Å². The fourth-order valence-corrected chi connectivity index (χ4v) is 1.53. The molecule has 0 saturated heterocycles. The summed E-state index contributed by atoms with van der Waals surface area (Å²) in [6.45, 7) is 1.59. The van der Waals surface area contributed by atoms with Crippen molar-refractivity contribution in [3.8, 4) is 0 Å². The molecule has 0 heterocycles. The predicted molar refractivity (Wildman–Crippen MR) is 63.5 cm³/mol. The monoisotopic (exact) mass is 238 g/mol. The molecule has 1 rings (SSSR count). The Kier molecular flexibility index (Phi) is 3.67. The van der Waals surface area contributed by atoms with Crippen LogP contribution in [0.4, 0.5) is 11.4 Å². The third kappa shape index (κ3) is 2.52. The Bertz CT molecular complexity index is 469. The molecule has 0 aliphatic carbocycles. The van der Waals surface area contributed by atoms with Gasteiger partial charge in [-0.1, -0.05) is 0 Å². The van der Waals surface area contributed by atoms with Crippen LogP contribution >= 0.6 is 0 Å². The molecule has 0 saturated carbocycles. The Morgan fingerprint density at radius 1 is 1.41 bits per heavy atom. The summed E-state index contributed by atoms with van der Waals surface area (Å²) in [6, 6.07) is 3.11. The van der Waals surface area contributed by atoms with E-state index in [1.807, 2.05) is 0 Å². The molecule has 0 amide bonds. The summed E-state index contributed by atoms with van der Waals surface area (Å²) in [5.74, 6) is -0.705. The first-order chi connectivity index (χ1) is 7.88. The number of aryl methyl sites for hydroxylation is 1. The molecule has 0 N–H and O–H groups in total. The number of carbonyl (C=O) groups excluding carboxylic acids is 1. The number of carbonyl (C=O) groups is 1. The van der Waals surface area contributed by atoms with Crippen molar-refractivity contribution in [1.82, 2.24) is 0 Å². The van der Waals surface area contributed by atoms with Gasteiger partial charge in [-0.2, -0.15) is 0 Å². The lowest BCUT2D eigenvalue weighted by molar-refractivity contribution is -0.385. The van der Waals surface area contributed by atoms with E-state index in [-0.39, 0.29) is 11.3 Å². The Morgan fingerprint density at radius 3 is 2.41 bits per heavy atom. The molecule has 0 aromatic heterocycles. The number of nitro benzene ring substituents is 1. The molecule has 6 nitrogen and oxygen atoms in total. The first kappa shape index (κ1) is 13.0. The second-order valence-corrected chi connectivity index (χ2v) is 3.80. The van der Waals surface area contributed by atoms with Gasteiger partial charge in [0.25, 0.3) is 5.69 Å². The summed E-state index contributed by atoms with van der Waals surface area (Å²) in [4.78, 5) is 23.6. The minimum atomic E-state index is -0.705. The zero-order valence-corrected chi connectivity index (χ0v) is 10.2. The number of rotatable bonds is 3. The fraction of sp³-hybridized carbons (Fsp3) is 0.364. The van der Waals surface area contributed by atoms with E-state index in [0.29, 0.717) is 11.3 Å². The SMILES string of the molecule is COC(=O)c1cc(N(C)C)cc(C)c1[N+](=O)[O-]. The number of methoxy groups -OCH3 is 1. The van der Waals surface area contributed by atoms with Crippen molar-refractivity contribution >= 4 is 17.3 Å². The minimum absolute atomic E-state index is 0.0267. The maximum atomic E-state index is 11.5. The van der Waals surface area contributed by atoms with Crippen molar-refractivity contribution in [3.63, 3.8) is 0 Å².